The molecule has 0 aliphatic carbocycles. The Morgan fingerprint density at radius 2 is 1.73 bits per heavy atom. The van der Waals surface area contributed by atoms with Crippen molar-refractivity contribution in [2.45, 2.75) is 40.0 Å². The smallest absolute Gasteiger partial charge is 0.255 e. The molecular weight excluding hydrogens is 324 g/mol. The zero-order valence-electron chi connectivity index (χ0n) is 15.7. The Bertz CT molecular complexity index is 825. The number of nitrogens with zero attached hydrogens (tertiary/aromatic N) is 1. The molecule has 2 aromatic carbocycles. The van der Waals surface area contributed by atoms with E-state index in [1.165, 1.54) is 11.6 Å². The highest BCUT2D eigenvalue weighted by Gasteiger charge is 2.17. The number of carbonyl (C=O) groups excluding carboxylic acids is 2. The number of hydrogen-bond acceptors (Lipinski definition) is 2. The molecule has 0 bridgehead atoms. The minimum absolute atomic E-state index is 0.306. The van der Waals surface area contributed by atoms with E-state index in [1.54, 1.807) is 4.90 Å². The van der Waals surface area contributed by atoms with E-state index in [0.29, 0.717) is 0 Å². The first kappa shape index (κ1) is 19.4. The lowest BCUT2D eigenvalue weighted by Crippen LogP contribution is -2.24. The second kappa shape index (κ2) is 8.99. The van der Waals surface area contributed by atoms with Crippen LogP contribution < -0.4 is 10.6 Å². The van der Waals surface area contributed by atoms with Gasteiger partial charge in [0.25, 0.3) is 5.91 Å². The number of rotatable bonds is 7. The molecule has 136 valence electrons. The van der Waals surface area contributed by atoms with E-state index >= 15 is 0 Å². The summed E-state index contributed by atoms with van der Waals surface area (Å²) in [5.41, 5.74) is 10.1. The Balaban J connectivity index is 2.47. The van der Waals surface area contributed by atoms with Gasteiger partial charge in [-0.1, -0.05) is 31.5 Å². The number of amides is 2. The summed E-state index contributed by atoms with van der Waals surface area (Å²) < 4.78 is 0. The maximum Gasteiger partial charge on any atom is 0.255 e. The van der Waals surface area contributed by atoms with Crippen molar-refractivity contribution >= 4 is 23.2 Å². The molecule has 0 heterocycles. The number of aryl methyl sites for hydroxylation is 3. The van der Waals surface area contributed by atoms with E-state index < -0.39 is 5.91 Å². The molecule has 2 N–H and O–H groups in total. The molecule has 0 saturated carbocycles. The van der Waals surface area contributed by atoms with Crippen molar-refractivity contribution < 1.29 is 9.59 Å². The lowest BCUT2D eigenvalue weighted by atomic mass is 10.1. The Morgan fingerprint density at radius 3 is 2.38 bits per heavy atom. The molecule has 4 heteroatoms. The fraction of sp³-hybridized carbons (Fsp3) is 0.273. The van der Waals surface area contributed by atoms with Gasteiger partial charge in [-0.25, -0.2) is 0 Å². The fourth-order valence-corrected chi connectivity index (χ4v) is 2.73. The first-order valence-corrected chi connectivity index (χ1v) is 8.90. The molecule has 2 rings (SSSR count). The molecule has 0 aliphatic rings. The summed E-state index contributed by atoms with van der Waals surface area (Å²) >= 11 is 0. The summed E-state index contributed by atoms with van der Waals surface area (Å²) in [6.45, 7) is 6.20. The number of primary amides is 1. The largest absolute Gasteiger partial charge is 0.366 e. The average molecular weight is 350 g/mol. The van der Waals surface area contributed by atoms with Gasteiger partial charge in [0, 0.05) is 23.5 Å². The number of nitrogens with two attached hydrogens (primary N) is 1. The molecule has 0 atom stereocenters. The maximum atomic E-state index is 12.8. The van der Waals surface area contributed by atoms with E-state index in [2.05, 4.69) is 13.0 Å². The van der Waals surface area contributed by atoms with Gasteiger partial charge < -0.3 is 5.73 Å². The molecule has 0 saturated heterocycles. The van der Waals surface area contributed by atoms with E-state index in [1.807, 2.05) is 50.2 Å². The lowest BCUT2D eigenvalue weighted by Gasteiger charge is -2.23. The maximum absolute atomic E-state index is 12.8. The van der Waals surface area contributed by atoms with Crippen LogP contribution in [0.25, 0.3) is 0 Å². The van der Waals surface area contributed by atoms with E-state index in [0.717, 1.165) is 47.8 Å². The summed E-state index contributed by atoms with van der Waals surface area (Å²) in [7, 11) is 0. The normalized spacial score (nSPS) is 10.9. The minimum Gasteiger partial charge on any atom is -0.366 e. The highest BCUT2D eigenvalue weighted by Crippen LogP contribution is 2.29. The molecule has 4 nitrogen and oxygen atoms in total. The number of carbonyl (C=O) groups is 2. The van der Waals surface area contributed by atoms with Crippen LogP contribution in [0.3, 0.4) is 0 Å². The van der Waals surface area contributed by atoms with Crippen LogP contribution >= 0.6 is 0 Å². The highest BCUT2D eigenvalue weighted by atomic mass is 16.2. The molecule has 26 heavy (non-hydrogen) atoms. The van der Waals surface area contributed by atoms with Gasteiger partial charge in [-0.3, -0.25) is 14.5 Å². The molecule has 0 unspecified atom stereocenters. The molecule has 0 aliphatic heterocycles. The Kier molecular flexibility index (Phi) is 6.73. The fourth-order valence-electron chi connectivity index (χ4n) is 2.73. The topological polar surface area (TPSA) is 63.4 Å². The monoisotopic (exact) mass is 350 g/mol. The van der Waals surface area contributed by atoms with Crippen LogP contribution in [0.15, 0.2) is 54.6 Å². The Morgan fingerprint density at radius 1 is 1.00 bits per heavy atom. The standard InChI is InChI=1S/C22H26N2O2/c1-4-5-7-18-8-6-9-19(15-18)24(22(26)13-12-21(23)25)20-11-10-16(2)17(3)14-20/h6,8-15H,4-5,7H2,1-3H3,(H2,23,25)/b13-12-. The van der Waals surface area contributed by atoms with E-state index in [4.69, 9.17) is 5.73 Å². The molecule has 2 aromatic rings. The van der Waals surface area contributed by atoms with Crippen LogP contribution in [0.4, 0.5) is 11.4 Å². The first-order valence-electron chi connectivity index (χ1n) is 8.90. The third kappa shape index (κ3) is 5.06. The van der Waals surface area contributed by atoms with Gasteiger partial charge in [-0.2, -0.15) is 0 Å². The summed E-state index contributed by atoms with van der Waals surface area (Å²) in [5, 5.41) is 0. The van der Waals surface area contributed by atoms with Crippen LogP contribution in [0.2, 0.25) is 0 Å². The van der Waals surface area contributed by atoms with E-state index in [9.17, 15) is 9.59 Å². The van der Waals surface area contributed by atoms with Gasteiger partial charge in [0.2, 0.25) is 5.91 Å². The van der Waals surface area contributed by atoms with Crippen LogP contribution in [-0.4, -0.2) is 11.8 Å². The Hall–Kier alpha value is -2.88. The van der Waals surface area contributed by atoms with Crippen molar-refractivity contribution in [3.05, 3.63) is 71.3 Å². The van der Waals surface area contributed by atoms with Gasteiger partial charge in [-0.15, -0.1) is 0 Å². The van der Waals surface area contributed by atoms with Crippen LogP contribution in [-0.2, 0) is 16.0 Å². The molecule has 0 spiro atoms. The van der Waals surface area contributed by atoms with Gasteiger partial charge >= 0.3 is 0 Å². The van der Waals surface area contributed by atoms with Gasteiger partial charge in [0.15, 0.2) is 0 Å². The van der Waals surface area contributed by atoms with Crippen molar-refractivity contribution in [1.29, 1.82) is 0 Å². The van der Waals surface area contributed by atoms with Crippen LogP contribution in [0, 0.1) is 13.8 Å². The number of hydrogen-bond donors (Lipinski definition) is 1. The molecule has 0 aromatic heterocycles. The average Bonchev–Trinajstić information content (AvgIpc) is 2.62. The SMILES string of the molecule is CCCCc1cccc(N(C(=O)/C=C\C(N)=O)c2ccc(C)c(C)c2)c1. The first-order chi connectivity index (χ1) is 12.4. The molecule has 0 radical (unpaired) electrons. The third-order valence-corrected chi connectivity index (χ3v) is 4.35. The van der Waals surface area contributed by atoms with Crippen molar-refractivity contribution in [3.8, 4) is 0 Å². The van der Waals surface area contributed by atoms with Crippen LogP contribution in [0.5, 0.6) is 0 Å². The number of anilines is 2. The number of benzene rings is 2. The second-order valence-corrected chi connectivity index (χ2v) is 6.45. The van der Waals surface area contributed by atoms with Crippen molar-refractivity contribution in [2.75, 3.05) is 4.90 Å². The van der Waals surface area contributed by atoms with E-state index in [-0.39, 0.29) is 5.91 Å². The lowest BCUT2D eigenvalue weighted by molar-refractivity contribution is -0.115. The summed E-state index contributed by atoms with van der Waals surface area (Å²) in [4.78, 5) is 25.4. The number of unbranched alkanes of at least 4 members (excludes halogenated alkanes) is 1. The van der Waals surface area contributed by atoms with Crippen molar-refractivity contribution in [2.24, 2.45) is 5.73 Å². The second-order valence-electron chi connectivity index (χ2n) is 6.45. The summed E-state index contributed by atoms with van der Waals surface area (Å²) in [6, 6.07) is 13.8. The third-order valence-electron chi connectivity index (χ3n) is 4.35. The van der Waals surface area contributed by atoms with Crippen molar-refractivity contribution in [3.63, 3.8) is 0 Å². The van der Waals surface area contributed by atoms with Gasteiger partial charge in [0.1, 0.15) is 0 Å². The predicted octanol–water partition coefficient (Wildman–Crippen LogP) is 4.35. The zero-order chi connectivity index (χ0) is 19.1. The predicted molar refractivity (Wildman–Crippen MR) is 106 cm³/mol. The van der Waals surface area contributed by atoms with Gasteiger partial charge in [-0.05, 0) is 67.6 Å². The zero-order valence-corrected chi connectivity index (χ0v) is 15.7. The molecular formula is C22H26N2O2. The minimum atomic E-state index is -0.643. The molecule has 2 amide bonds. The summed E-state index contributed by atoms with van der Waals surface area (Å²) in [5.74, 6) is -0.949. The quantitative estimate of drug-likeness (QED) is 0.755. The van der Waals surface area contributed by atoms with Gasteiger partial charge in [0.05, 0.1) is 0 Å². The van der Waals surface area contributed by atoms with Crippen molar-refractivity contribution in [1.82, 2.24) is 0 Å². The Labute approximate surface area is 155 Å². The summed E-state index contributed by atoms with van der Waals surface area (Å²) in [6.07, 6.45) is 5.50. The van der Waals surface area contributed by atoms with Crippen LogP contribution in [0.1, 0.15) is 36.5 Å². The molecule has 0 fully saturated rings. The highest BCUT2D eigenvalue weighted by molar-refractivity contribution is 6.09.